The Kier molecular flexibility index (Phi) is 5.79. The molecule has 1 unspecified atom stereocenters. The van der Waals surface area contributed by atoms with Gasteiger partial charge in [0, 0.05) is 38.1 Å². The van der Waals surface area contributed by atoms with E-state index in [2.05, 4.69) is 32.3 Å². The molecule has 0 spiro atoms. The van der Waals surface area contributed by atoms with Crippen LogP contribution in [0.4, 0.5) is 11.6 Å². The number of hydrogen-bond donors (Lipinski definition) is 2. The zero-order valence-corrected chi connectivity index (χ0v) is 16.9. The number of para-hydroxylation sites is 1. The predicted octanol–water partition coefficient (Wildman–Crippen LogP) is 2.59. The van der Waals surface area contributed by atoms with Gasteiger partial charge in [0.05, 0.1) is 6.04 Å². The lowest BCUT2D eigenvalue weighted by Crippen LogP contribution is -2.47. The molecule has 7 nitrogen and oxygen atoms in total. The third kappa shape index (κ3) is 4.35. The van der Waals surface area contributed by atoms with Gasteiger partial charge in [-0.25, -0.2) is 4.98 Å². The standard InChI is InChI=1S/C23H25N5O2/c1-17(18-8-4-2-5-9-18)25-21(29)20-16-24-23(26-22(20)30)28-14-12-27(13-15-28)19-10-6-3-7-11-19/h2-11,16-17H,12-15H2,1H3,(H,25,29)(H,24,26,30). The summed E-state index contributed by atoms with van der Waals surface area (Å²) < 4.78 is 0. The molecule has 2 N–H and O–H groups in total. The number of carbonyl (C=O) groups excluding carboxylic acids is 1. The number of benzene rings is 2. The second-order valence-electron chi connectivity index (χ2n) is 7.37. The largest absolute Gasteiger partial charge is 0.368 e. The Morgan fingerprint density at radius 1 is 0.967 bits per heavy atom. The van der Waals surface area contributed by atoms with E-state index in [0.717, 1.165) is 31.7 Å². The molecule has 1 aromatic heterocycles. The molecule has 0 bridgehead atoms. The lowest BCUT2D eigenvalue weighted by Gasteiger charge is -2.36. The number of carbonyl (C=O) groups is 1. The van der Waals surface area contributed by atoms with Gasteiger partial charge in [0.15, 0.2) is 0 Å². The molecule has 0 saturated carbocycles. The number of H-pyrrole nitrogens is 1. The molecular formula is C23H25N5O2. The van der Waals surface area contributed by atoms with Crippen LogP contribution < -0.4 is 20.7 Å². The molecule has 30 heavy (non-hydrogen) atoms. The van der Waals surface area contributed by atoms with Crippen LogP contribution in [-0.2, 0) is 0 Å². The molecule has 1 saturated heterocycles. The molecule has 0 aliphatic carbocycles. The fraction of sp³-hybridized carbons (Fsp3) is 0.261. The van der Waals surface area contributed by atoms with E-state index in [9.17, 15) is 9.59 Å². The van der Waals surface area contributed by atoms with Crippen molar-refractivity contribution < 1.29 is 4.79 Å². The molecule has 0 radical (unpaired) electrons. The second-order valence-corrected chi connectivity index (χ2v) is 7.37. The van der Waals surface area contributed by atoms with E-state index in [-0.39, 0.29) is 11.6 Å². The Balaban J connectivity index is 1.40. The van der Waals surface area contributed by atoms with E-state index in [4.69, 9.17) is 0 Å². The number of nitrogens with one attached hydrogen (secondary N) is 2. The second kappa shape index (κ2) is 8.82. The first-order chi connectivity index (χ1) is 14.6. The summed E-state index contributed by atoms with van der Waals surface area (Å²) in [5.41, 5.74) is 1.76. The van der Waals surface area contributed by atoms with Crippen molar-refractivity contribution in [2.24, 2.45) is 0 Å². The number of rotatable bonds is 5. The monoisotopic (exact) mass is 403 g/mol. The first-order valence-corrected chi connectivity index (χ1v) is 10.1. The van der Waals surface area contributed by atoms with E-state index in [1.807, 2.05) is 60.4 Å². The summed E-state index contributed by atoms with van der Waals surface area (Å²) in [7, 11) is 0. The average Bonchev–Trinajstić information content (AvgIpc) is 2.80. The number of aromatic nitrogens is 2. The topological polar surface area (TPSA) is 81.3 Å². The van der Waals surface area contributed by atoms with Gasteiger partial charge in [-0.2, -0.15) is 0 Å². The Bertz CT molecular complexity index is 1040. The molecular weight excluding hydrogens is 378 g/mol. The maximum atomic E-state index is 12.5. The highest BCUT2D eigenvalue weighted by Crippen LogP contribution is 2.17. The molecule has 2 heterocycles. The van der Waals surface area contributed by atoms with Crippen LogP contribution in [0.15, 0.2) is 71.7 Å². The fourth-order valence-corrected chi connectivity index (χ4v) is 3.62. The van der Waals surface area contributed by atoms with Crippen molar-refractivity contribution in [3.63, 3.8) is 0 Å². The highest BCUT2D eigenvalue weighted by Gasteiger charge is 2.21. The van der Waals surface area contributed by atoms with Crippen LogP contribution in [0.1, 0.15) is 28.9 Å². The van der Waals surface area contributed by atoms with Crippen LogP contribution in [0, 0.1) is 0 Å². The molecule has 3 aromatic rings. The first kappa shape index (κ1) is 19.7. The summed E-state index contributed by atoms with van der Waals surface area (Å²) in [6.07, 6.45) is 1.37. The number of hydrogen-bond acceptors (Lipinski definition) is 5. The van der Waals surface area contributed by atoms with E-state index in [0.29, 0.717) is 5.95 Å². The number of aromatic amines is 1. The smallest absolute Gasteiger partial charge is 0.265 e. The number of anilines is 2. The Labute approximate surface area is 175 Å². The van der Waals surface area contributed by atoms with Crippen LogP contribution in [-0.4, -0.2) is 42.1 Å². The van der Waals surface area contributed by atoms with Crippen molar-refractivity contribution in [1.29, 1.82) is 0 Å². The molecule has 1 fully saturated rings. The third-order valence-electron chi connectivity index (χ3n) is 5.38. The summed E-state index contributed by atoms with van der Waals surface area (Å²) in [4.78, 5) is 36.6. The zero-order chi connectivity index (χ0) is 20.9. The quantitative estimate of drug-likeness (QED) is 0.684. The van der Waals surface area contributed by atoms with Gasteiger partial charge in [-0.05, 0) is 24.6 Å². The number of amides is 1. The van der Waals surface area contributed by atoms with Gasteiger partial charge in [-0.3, -0.25) is 14.6 Å². The normalized spacial score (nSPS) is 15.0. The maximum absolute atomic E-state index is 12.5. The van der Waals surface area contributed by atoms with Crippen molar-refractivity contribution in [3.05, 3.63) is 88.3 Å². The lowest BCUT2D eigenvalue weighted by atomic mass is 10.1. The van der Waals surface area contributed by atoms with E-state index < -0.39 is 11.5 Å². The van der Waals surface area contributed by atoms with Crippen LogP contribution in [0.2, 0.25) is 0 Å². The van der Waals surface area contributed by atoms with E-state index in [1.54, 1.807) is 0 Å². The minimum absolute atomic E-state index is 0.0180. The Morgan fingerprint density at radius 3 is 2.20 bits per heavy atom. The summed E-state index contributed by atoms with van der Waals surface area (Å²) in [5, 5.41) is 2.86. The van der Waals surface area contributed by atoms with Crippen molar-refractivity contribution in [2.75, 3.05) is 36.0 Å². The van der Waals surface area contributed by atoms with Crippen molar-refractivity contribution in [2.45, 2.75) is 13.0 Å². The zero-order valence-electron chi connectivity index (χ0n) is 16.9. The SMILES string of the molecule is CC(NC(=O)c1cnc(N2CCN(c3ccccc3)CC2)[nH]c1=O)c1ccccc1. The maximum Gasteiger partial charge on any atom is 0.265 e. The molecule has 154 valence electrons. The Morgan fingerprint density at radius 2 is 1.57 bits per heavy atom. The Hall–Kier alpha value is -3.61. The van der Waals surface area contributed by atoms with Gasteiger partial charge in [0.25, 0.3) is 11.5 Å². The van der Waals surface area contributed by atoms with Crippen molar-refractivity contribution in [3.8, 4) is 0 Å². The molecule has 1 aliphatic heterocycles. The lowest BCUT2D eigenvalue weighted by molar-refractivity contribution is 0.0938. The molecule has 1 atom stereocenters. The highest BCUT2D eigenvalue weighted by molar-refractivity contribution is 5.93. The van der Waals surface area contributed by atoms with Gasteiger partial charge in [0.1, 0.15) is 5.56 Å². The average molecular weight is 403 g/mol. The number of piperazine rings is 1. The molecule has 1 amide bonds. The summed E-state index contributed by atoms with van der Waals surface area (Å²) in [6.45, 7) is 5.05. The van der Waals surface area contributed by atoms with Crippen LogP contribution >= 0.6 is 0 Å². The minimum atomic E-state index is -0.430. The summed E-state index contributed by atoms with van der Waals surface area (Å²) in [5.74, 6) is 0.0703. The van der Waals surface area contributed by atoms with Gasteiger partial charge in [-0.15, -0.1) is 0 Å². The number of nitrogens with zero attached hydrogens (tertiary/aromatic N) is 3. The fourth-order valence-electron chi connectivity index (χ4n) is 3.62. The summed E-state index contributed by atoms with van der Waals surface area (Å²) in [6, 6.07) is 19.7. The highest BCUT2D eigenvalue weighted by atomic mass is 16.2. The van der Waals surface area contributed by atoms with Gasteiger partial charge >= 0.3 is 0 Å². The predicted molar refractivity (Wildman–Crippen MR) is 118 cm³/mol. The molecule has 1 aliphatic rings. The summed E-state index contributed by atoms with van der Waals surface area (Å²) >= 11 is 0. The van der Waals surface area contributed by atoms with Gasteiger partial charge < -0.3 is 15.1 Å². The van der Waals surface area contributed by atoms with Gasteiger partial charge in [0.2, 0.25) is 5.95 Å². The van der Waals surface area contributed by atoms with Crippen LogP contribution in [0.5, 0.6) is 0 Å². The third-order valence-corrected chi connectivity index (χ3v) is 5.38. The first-order valence-electron chi connectivity index (χ1n) is 10.1. The van der Waals surface area contributed by atoms with E-state index in [1.165, 1.54) is 11.9 Å². The van der Waals surface area contributed by atoms with Crippen molar-refractivity contribution in [1.82, 2.24) is 15.3 Å². The molecule has 2 aromatic carbocycles. The van der Waals surface area contributed by atoms with Gasteiger partial charge in [-0.1, -0.05) is 48.5 Å². The van der Waals surface area contributed by atoms with E-state index >= 15 is 0 Å². The molecule has 7 heteroatoms. The van der Waals surface area contributed by atoms with Crippen LogP contribution in [0.25, 0.3) is 0 Å². The van der Waals surface area contributed by atoms with Crippen LogP contribution in [0.3, 0.4) is 0 Å². The van der Waals surface area contributed by atoms with Crippen molar-refractivity contribution >= 4 is 17.5 Å². The minimum Gasteiger partial charge on any atom is -0.368 e. The molecule has 4 rings (SSSR count).